The number of thiazole rings is 1. The van der Waals surface area contributed by atoms with Crippen molar-refractivity contribution in [2.75, 3.05) is 27.2 Å². The Morgan fingerprint density at radius 3 is 2.77 bits per heavy atom. The monoisotopic (exact) mass is 570 g/mol. The maximum Gasteiger partial charge on any atom is 0.280 e. The van der Waals surface area contributed by atoms with E-state index in [0.717, 1.165) is 47.4 Å². The zero-order chi connectivity index (χ0) is 27.7. The van der Waals surface area contributed by atoms with Crippen LogP contribution in [0.25, 0.3) is 10.9 Å². The lowest BCUT2D eigenvalue weighted by Crippen LogP contribution is -2.56. The summed E-state index contributed by atoms with van der Waals surface area (Å²) < 4.78 is 0. The molecule has 1 fully saturated rings. The summed E-state index contributed by atoms with van der Waals surface area (Å²) in [5.41, 5.74) is 2.24. The minimum Gasteiger partial charge on any atom is -0.351 e. The quantitative estimate of drug-likeness (QED) is 0.400. The van der Waals surface area contributed by atoms with Gasteiger partial charge in [-0.3, -0.25) is 14.4 Å². The Labute approximate surface area is 237 Å². The number of nitrogens with one attached hydrogen (secondary N) is 3. The standard InChI is InChI=1S/C28H35ClN6O3S/c1-4-10-35(3)28(38)16-5-7-20(31-25(36)23-14-17-12-18(29)6-8-19(17)30-23)22(13-16)32-26(37)27-33-21-9-11-34(2)15-24(21)39-27/h6,8,12,14,16,20,22,30H,4-5,7,9-11,13,15H2,1-3H3,(H,31,36)(H,32,37)/t16-,20-,22+/m0/s1. The van der Waals surface area contributed by atoms with E-state index >= 15 is 0 Å². The topological polar surface area (TPSA) is 110 Å². The zero-order valence-electron chi connectivity index (χ0n) is 22.6. The Bertz CT molecular complexity index is 1390. The van der Waals surface area contributed by atoms with Crippen LogP contribution in [0.2, 0.25) is 5.02 Å². The van der Waals surface area contributed by atoms with E-state index in [-0.39, 0.29) is 29.7 Å². The largest absolute Gasteiger partial charge is 0.351 e. The molecule has 208 valence electrons. The number of hydrogen-bond acceptors (Lipinski definition) is 6. The van der Waals surface area contributed by atoms with Crippen molar-refractivity contribution in [1.29, 1.82) is 0 Å². The summed E-state index contributed by atoms with van der Waals surface area (Å²) in [4.78, 5) is 52.6. The third-order valence-corrected chi connectivity index (χ3v) is 9.03. The SMILES string of the molecule is CCCN(C)C(=O)[C@H]1CC[C@H](NC(=O)c2cc3cc(Cl)ccc3[nH]2)[C@H](NC(=O)c2nc3c(s2)CN(C)CC3)C1. The second-order valence-corrected chi connectivity index (χ2v) is 12.2. The van der Waals surface area contributed by atoms with Crippen LogP contribution in [0.3, 0.4) is 0 Å². The molecule has 3 N–H and O–H groups in total. The van der Waals surface area contributed by atoms with E-state index in [1.807, 2.05) is 26.1 Å². The van der Waals surface area contributed by atoms with Crippen molar-refractivity contribution in [2.45, 2.75) is 57.7 Å². The van der Waals surface area contributed by atoms with Crippen LogP contribution >= 0.6 is 22.9 Å². The molecular weight excluding hydrogens is 536 g/mol. The van der Waals surface area contributed by atoms with Crippen molar-refractivity contribution in [3.05, 3.63) is 50.6 Å². The van der Waals surface area contributed by atoms with Gasteiger partial charge in [-0.25, -0.2) is 4.98 Å². The fourth-order valence-corrected chi connectivity index (χ4v) is 6.88. The van der Waals surface area contributed by atoms with Gasteiger partial charge in [0.15, 0.2) is 5.01 Å². The summed E-state index contributed by atoms with van der Waals surface area (Å²) in [6.07, 6.45) is 3.39. The third-order valence-electron chi connectivity index (χ3n) is 7.71. The number of nitrogens with zero attached hydrogens (tertiary/aromatic N) is 3. The molecular formula is C28H35ClN6O3S. The number of rotatable bonds is 7. The minimum atomic E-state index is -0.401. The van der Waals surface area contributed by atoms with Crippen molar-refractivity contribution in [3.63, 3.8) is 0 Å². The molecule has 9 nitrogen and oxygen atoms in total. The highest BCUT2D eigenvalue weighted by molar-refractivity contribution is 7.13. The number of carbonyl (C=O) groups excluding carboxylic acids is 3. The summed E-state index contributed by atoms with van der Waals surface area (Å²) in [6, 6.07) is 6.47. The van der Waals surface area contributed by atoms with Gasteiger partial charge >= 0.3 is 0 Å². The Morgan fingerprint density at radius 2 is 1.97 bits per heavy atom. The van der Waals surface area contributed by atoms with Crippen LogP contribution in [0.1, 0.15) is 63.5 Å². The highest BCUT2D eigenvalue weighted by Crippen LogP contribution is 2.29. The Kier molecular flexibility index (Phi) is 8.25. The molecule has 1 aliphatic carbocycles. The number of amides is 3. The number of carbonyl (C=O) groups is 3. The van der Waals surface area contributed by atoms with E-state index in [1.54, 1.807) is 17.0 Å². The van der Waals surface area contributed by atoms with E-state index in [9.17, 15) is 14.4 Å². The van der Waals surface area contributed by atoms with Crippen LogP contribution in [0.5, 0.6) is 0 Å². The first-order valence-corrected chi connectivity index (χ1v) is 14.7. The number of aromatic nitrogens is 2. The molecule has 2 aliphatic rings. The van der Waals surface area contributed by atoms with Crippen molar-refractivity contribution in [3.8, 4) is 0 Å². The van der Waals surface area contributed by atoms with Crippen LogP contribution in [-0.2, 0) is 17.8 Å². The van der Waals surface area contributed by atoms with Crippen LogP contribution in [-0.4, -0.2) is 76.8 Å². The summed E-state index contributed by atoms with van der Waals surface area (Å²) in [7, 11) is 3.89. The molecule has 1 saturated carbocycles. The minimum absolute atomic E-state index is 0.0844. The second-order valence-electron chi connectivity index (χ2n) is 10.7. The molecule has 39 heavy (non-hydrogen) atoms. The number of hydrogen-bond donors (Lipinski definition) is 3. The fourth-order valence-electron chi connectivity index (χ4n) is 5.61. The Hall–Kier alpha value is -2.95. The smallest absolute Gasteiger partial charge is 0.280 e. The summed E-state index contributed by atoms with van der Waals surface area (Å²) in [5, 5.41) is 8.14. The van der Waals surface area contributed by atoms with E-state index in [1.165, 1.54) is 11.3 Å². The molecule has 0 spiro atoms. The van der Waals surface area contributed by atoms with E-state index in [2.05, 4.69) is 32.5 Å². The van der Waals surface area contributed by atoms with Gasteiger partial charge in [-0.1, -0.05) is 18.5 Å². The molecule has 3 atom stereocenters. The van der Waals surface area contributed by atoms with E-state index in [0.29, 0.717) is 41.5 Å². The first kappa shape index (κ1) is 27.6. The van der Waals surface area contributed by atoms with Crippen molar-refractivity contribution < 1.29 is 14.4 Å². The molecule has 3 heterocycles. The molecule has 0 bridgehead atoms. The third kappa shape index (κ3) is 6.13. The lowest BCUT2D eigenvalue weighted by Gasteiger charge is -2.37. The predicted octanol–water partition coefficient (Wildman–Crippen LogP) is 3.83. The summed E-state index contributed by atoms with van der Waals surface area (Å²) >= 11 is 7.54. The Morgan fingerprint density at radius 1 is 1.18 bits per heavy atom. The molecule has 1 aliphatic heterocycles. The number of benzene rings is 1. The van der Waals surface area contributed by atoms with Crippen LogP contribution in [0, 0.1) is 5.92 Å². The van der Waals surface area contributed by atoms with Crippen molar-refractivity contribution in [1.82, 2.24) is 30.4 Å². The maximum atomic E-state index is 13.4. The number of likely N-dealkylation sites (N-methyl/N-ethyl adjacent to an activating group) is 1. The molecule has 2 aromatic heterocycles. The predicted molar refractivity (Wildman–Crippen MR) is 153 cm³/mol. The lowest BCUT2D eigenvalue weighted by molar-refractivity contribution is -0.135. The van der Waals surface area contributed by atoms with Gasteiger partial charge < -0.3 is 25.4 Å². The molecule has 1 aromatic carbocycles. The van der Waals surface area contributed by atoms with Crippen molar-refractivity contribution >= 4 is 51.6 Å². The highest BCUT2D eigenvalue weighted by atomic mass is 35.5. The number of aromatic amines is 1. The molecule has 11 heteroatoms. The molecule has 0 saturated heterocycles. The van der Waals surface area contributed by atoms with Gasteiger partial charge in [-0.05, 0) is 57.0 Å². The number of fused-ring (bicyclic) bond motifs is 2. The molecule has 5 rings (SSSR count). The molecule has 0 radical (unpaired) electrons. The summed E-state index contributed by atoms with van der Waals surface area (Å²) in [6.45, 7) is 4.45. The van der Waals surface area contributed by atoms with Gasteiger partial charge in [0.05, 0.1) is 11.7 Å². The van der Waals surface area contributed by atoms with Crippen LogP contribution in [0.4, 0.5) is 0 Å². The lowest BCUT2D eigenvalue weighted by atomic mass is 9.81. The van der Waals surface area contributed by atoms with Crippen molar-refractivity contribution in [2.24, 2.45) is 5.92 Å². The molecule has 0 unspecified atom stereocenters. The Balaban J connectivity index is 1.33. The second kappa shape index (κ2) is 11.7. The van der Waals surface area contributed by atoms with Gasteiger partial charge in [0.25, 0.3) is 11.8 Å². The van der Waals surface area contributed by atoms with Gasteiger partial charge in [-0.15, -0.1) is 11.3 Å². The first-order chi connectivity index (χ1) is 18.7. The van der Waals surface area contributed by atoms with Gasteiger partial charge in [-0.2, -0.15) is 0 Å². The average Bonchev–Trinajstić information content (AvgIpc) is 3.53. The summed E-state index contributed by atoms with van der Waals surface area (Å²) in [5.74, 6) is -0.641. The maximum absolute atomic E-state index is 13.4. The normalized spacial score (nSPS) is 21.4. The van der Waals surface area contributed by atoms with Gasteiger partial charge in [0.1, 0.15) is 5.69 Å². The van der Waals surface area contributed by atoms with E-state index in [4.69, 9.17) is 11.6 Å². The fraction of sp³-hybridized carbons (Fsp3) is 0.500. The van der Waals surface area contributed by atoms with Gasteiger partial charge in [0, 0.05) is 65.9 Å². The number of halogens is 1. The zero-order valence-corrected chi connectivity index (χ0v) is 24.1. The molecule has 3 aromatic rings. The van der Waals surface area contributed by atoms with Crippen LogP contribution in [0.15, 0.2) is 24.3 Å². The van der Waals surface area contributed by atoms with E-state index < -0.39 is 6.04 Å². The first-order valence-electron chi connectivity index (χ1n) is 13.5. The van der Waals surface area contributed by atoms with Crippen LogP contribution < -0.4 is 10.6 Å². The highest BCUT2D eigenvalue weighted by Gasteiger charge is 2.37. The average molecular weight is 571 g/mol. The number of H-pyrrole nitrogens is 1. The molecule has 3 amide bonds. The van der Waals surface area contributed by atoms with Gasteiger partial charge in [0.2, 0.25) is 5.91 Å².